The molecule has 1 fully saturated rings. The monoisotopic (exact) mass is 414 g/mol. The van der Waals surface area contributed by atoms with Gasteiger partial charge < -0.3 is 14.7 Å². The number of urea groups is 1. The zero-order valence-corrected chi connectivity index (χ0v) is 17.4. The summed E-state index contributed by atoms with van der Waals surface area (Å²) in [5.41, 5.74) is 2.30. The van der Waals surface area contributed by atoms with Crippen molar-refractivity contribution in [2.75, 3.05) is 31.1 Å². The van der Waals surface area contributed by atoms with Gasteiger partial charge in [0.05, 0.1) is 25.3 Å². The zero-order valence-electron chi connectivity index (χ0n) is 17.4. The van der Waals surface area contributed by atoms with Crippen LogP contribution < -0.4 is 4.90 Å². The van der Waals surface area contributed by atoms with E-state index in [1.165, 1.54) is 0 Å². The lowest BCUT2D eigenvalue weighted by Crippen LogP contribution is -2.46. The summed E-state index contributed by atoms with van der Waals surface area (Å²) in [7, 11) is 0. The number of benzene rings is 1. The molecule has 160 valence electrons. The quantitative estimate of drug-likeness (QED) is 0.753. The van der Waals surface area contributed by atoms with Crippen molar-refractivity contribution in [1.82, 2.24) is 24.8 Å². The Bertz CT molecular complexity index is 928. The summed E-state index contributed by atoms with van der Waals surface area (Å²) in [6.07, 6.45) is 1.61. The first-order valence-electron chi connectivity index (χ1n) is 10.5. The average Bonchev–Trinajstić information content (AvgIpc) is 3.47. The van der Waals surface area contributed by atoms with E-state index in [9.17, 15) is 14.0 Å². The van der Waals surface area contributed by atoms with E-state index in [0.717, 1.165) is 17.7 Å². The van der Waals surface area contributed by atoms with Gasteiger partial charge in [0.2, 0.25) is 0 Å². The first-order chi connectivity index (χ1) is 14.5. The Morgan fingerprint density at radius 1 is 1.23 bits per heavy atom. The van der Waals surface area contributed by atoms with Gasteiger partial charge in [0.25, 0.3) is 5.91 Å². The van der Waals surface area contributed by atoms with Crippen LogP contribution in [0.1, 0.15) is 36.3 Å². The van der Waals surface area contributed by atoms with E-state index in [1.807, 2.05) is 38.1 Å². The number of likely N-dealkylation sites (tertiary alicyclic amines) is 1. The lowest BCUT2D eigenvalue weighted by Gasteiger charge is -2.30. The Balaban J connectivity index is 1.46. The number of rotatable bonds is 5. The van der Waals surface area contributed by atoms with Crippen molar-refractivity contribution in [2.45, 2.75) is 45.4 Å². The van der Waals surface area contributed by atoms with E-state index in [2.05, 4.69) is 10.3 Å². The molecule has 2 aliphatic heterocycles. The molecule has 2 atom stereocenters. The predicted octanol–water partition coefficient (Wildman–Crippen LogP) is 2.36. The summed E-state index contributed by atoms with van der Waals surface area (Å²) in [4.78, 5) is 30.7. The molecule has 3 amide bonds. The van der Waals surface area contributed by atoms with Crippen molar-refractivity contribution >= 4 is 17.6 Å². The van der Waals surface area contributed by atoms with E-state index in [-0.39, 0.29) is 36.6 Å². The first-order valence-corrected chi connectivity index (χ1v) is 10.5. The van der Waals surface area contributed by atoms with Crippen LogP contribution in [0.25, 0.3) is 0 Å². The molecule has 30 heavy (non-hydrogen) atoms. The van der Waals surface area contributed by atoms with Crippen LogP contribution in [0.5, 0.6) is 0 Å². The Hall–Kier alpha value is -2.97. The van der Waals surface area contributed by atoms with Gasteiger partial charge in [0.15, 0.2) is 5.69 Å². The van der Waals surface area contributed by atoms with Crippen molar-refractivity contribution in [3.05, 3.63) is 41.7 Å². The lowest BCUT2D eigenvalue weighted by molar-refractivity contribution is 0.0984. The molecule has 0 spiro atoms. The Kier molecular flexibility index (Phi) is 5.69. The van der Waals surface area contributed by atoms with Crippen LogP contribution in [-0.2, 0) is 13.0 Å². The number of alkyl halides is 1. The highest BCUT2D eigenvalue weighted by atomic mass is 19.1. The van der Waals surface area contributed by atoms with Gasteiger partial charge in [0, 0.05) is 31.7 Å². The molecule has 2 aromatic rings. The number of carbonyl (C=O) groups excluding carboxylic acids is 2. The normalized spacial score (nSPS) is 20.5. The molecule has 1 saturated heterocycles. The molecule has 0 aliphatic carbocycles. The van der Waals surface area contributed by atoms with Crippen molar-refractivity contribution in [1.29, 1.82) is 0 Å². The maximum atomic E-state index is 14.1. The summed E-state index contributed by atoms with van der Waals surface area (Å²) >= 11 is 0. The van der Waals surface area contributed by atoms with Crippen LogP contribution in [0.2, 0.25) is 0 Å². The lowest BCUT2D eigenvalue weighted by atomic mass is 10.2. The van der Waals surface area contributed by atoms with Gasteiger partial charge in [-0.05, 0) is 31.9 Å². The topological polar surface area (TPSA) is 74.6 Å². The highest BCUT2D eigenvalue weighted by Crippen LogP contribution is 2.28. The molecule has 4 rings (SSSR count). The van der Waals surface area contributed by atoms with Crippen molar-refractivity contribution in [3.63, 3.8) is 0 Å². The van der Waals surface area contributed by atoms with Gasteiger partial charge in [-0.3, -0.25) is 4.79 Å². The number of amides is 3. The van der Waals surface area contributed by atoms with Gasteiger partial charge >= 0.3 is 6.03 Å². The van der Waals surface area contributed by atoms with Crippen LogP contribution in [0.4, 0.5) is 14.9 Å². The second-order valence-corrected chi connectivity index (χ2v) is 7.76. The molecule has 9 heteroatoms. The fourth-order valence-corrected chi connectivity index (χ4v) is 4.33. The fraction of sp³-hybridized carbons (Fsp3) is 0.524. The second-order valence-electron chi connectivity index (χ2n) is 7.76. The highest BCUT2D eigenvalue weighted by molar-refractivity contribution is 6.05. The minimum absolute atomic E-state index is 0.0883. The minimum atomic E-state index is -1.06. The van der Waals surface area contributed by atoms with Crippen LogP contribution in [0.3, 0.4) is 0 Å². The Morgan fingerprint density at radius 2 is 2.00 bits per heavy atom. The van der Waals surface area contributed by atoms with Crippen molar-refractivity contribution < 1.29 is 14.0 Å². The molecule has 1 aromatic heterocycles. The second kappa shape index (κ2) is 8.41. The van der Waals surface area contributed by atoms with Gasteiger partial charge in [-0.2, -0.15) is 0 Å². The van der Waals surface area contributed by atoms with E-state index >= 15 is 0 Å². The van der Waals surface area contributed by atoms with Gasteiger partial charge in [-0.25, -0.2) is 13.9 Å². The first kappa shape index (κ1) is 20.3. The molecule has 1 aromatic carbocycles. The zero-order chi connectivity index (χ0) is 21.3. The summed E-state index contributed by atoms with van der Waals surface area (Å²) in [6, 6.07) is 7.36. The SMILES string of the molecule is CCN(CC)C(=O)N1C[C@@H](F)C[C@H]1Cn1cc(C(=O)N2CCc3ccccc32)nn1. The maximum absolute atomic E-state index is 14.1. The predicted molar refractivity (Wildman–Crippen MR) is 110 cm³/mol. The molecule has 2 aliphatic rings. The number of hydrogen-bond donors (Lipinski definition) is 0. The number of para-hydroxylation sites is 1. The number of halogens is 1. The molecule has 0 radical (unpaired) electrons. The molecule has 3 heterocycles. The largest absolute Gasteiger partial charge is 0.325 e. The van der Waals surface area contributed by atoms with Crippen molar-refractivity contribution in [2.24, 2.45) is 0 Å². The molecule has 8 nitrogen and oxygen atoms in total. The summed E-state index contributed by atoms with van der Waals surface area (Å²) in [6.45, 7) is 5.98. The third-order valence-corrected chi connectivity index (χ3v) is 5.93. The van der Waals surface area contributed by atoms with E-state index in [0.29, 0.717) is 26.2 Å². The van der Waals surface area contributed by atoms with E-state index < -0.39 is 6.17 Å². The Morgan fingerprint density at radius 3 is 2.77 bits per heavy atom. The van der Waals surface area contributed by atoms with E-state index in [4.69, 9.17) is 0 Å². The molecule has 0 unspecified atom stereocenters. The standard InChI is InChI=1S/C21H27FN6O2/c1-3-25(4-2)21(30)28-12-16(22)11-17(28)13-26-14-18(23-24-26)20(29)27-10-9-15-7-5-6-8-19(15)27/h5-8,14,16-17H,3-4,9-13H2,1-2H3/t16-,17-/m0/s1. The number of carbonyl (C=O) groups is 2. The maximum Gasteiger partial charge on any atom is 0.320 e. The smallest absolute Gasteiger partial charge is 0.320 e. The molecule has 0 N–H and O–H groups in total. The molecule has 0 bridgehead atoms. The van der Waals surface area contributed by atoms with Crippen LogP contribution in [-0.4, -0.2) is 75.1 Å². The molecular formula is C21H27FN6O2. The average molecular weight is 414 g/mol. The fourth-order valence-electron chi connectivity index (χ4n) is 4.33. The Labute approximate surface area is 175 Å². The third-order valence-electron chi connectivity index (χ3n) is 5.93. The summed E-state index contributed by atoms with van der Waals surface area (Å²) in [5, 5.41) is 8.12. The van der Waals surface area contributed by atoms with Gasteiger partial charge in [-0.1, -0.05) is 23.4 Å². The third kappa shape index (κ3) is 3.76. The molecular weight excluding hydrogens is 387 g/mol. The van der Waals surface area contributed by atoms with E-state index in [1.54, 1.807) is 25.6 Å². The summed E-state index contributed by atoms with van der Waals surface area (Å²) in [5.74, 6) is -0.197. The number of nitrogens with zero attached hydrogens (tertiary/aromatic N) is 6. The molecule has 0 saturated carbocycles. The van der Waals surface area contributed by atoms with Gasteiger partial charge in [0.1, 0.15) is 6.17 Å². The van der Waals surface area contributed by atoms with Crippen molar-refractivity contribution in [3.8, 4) is 0 Å². The highest BCUT2D eigenvalue weighted by Gasteiger charge is 2.37. The number of fused-ring (bicyclic) bond motifs is 1. The van der Waals surface area contributed by atoms with Crippen LogP contribution in [0, 0.1) is 0 Å². The minimum Gasteiger partial charge on any atom is -0.325 e. The van der Waals surface area contributed by atoms with Crippen LogP contribution >= 0.6 is 0 Å². The van der Waals surface area contributed by atoms with Gasteiger partial charge in [-0.15, -0.1) is 5.10 Å². The number of hydrogen-bond acceptors (Lipinski definition) is 4. The number of aromatic nitrogens is 3. The van der Waals surface area contributed by atoms with Crippen LogP contribution in [0.15, 0.2) is 30.5 Å². The number of anilines is 1. The summed E-state index contributed by atoms with van der Waals surface area (Å²) < 4.78 is 15.7.